The van der Waals surface area contributed by atoms with Gasteiger partial charge in [-0.2, -0.15) is 5.10 Å². The number of aromatic nitrogens is 2. The third-order valence-electron chi connectivity index (χ3n) is 4.63. The summed E-state index contributed by atoms with van der Waals surface area (Å²) in [6.45, 7) is 6.40. The number of carboxylic acid groups (broad SMARTS) is 1. The van der Waals surface area contributed by atoms with E-state index in [0.717, 1.165) is 37.1 Å². The SMILES string of the molecule is Cc1cc(CC2(C(=O)O)CCC(C)(C)CC2)n(C)n1. The highest BCUT2D eigenvalue weighted by Crippen LogP contribution is 2.46. The molecule has 0 radical (unpaired) electrons. The topological polar surface area (TPSA) is 55.1 Å². The van der Waals surface area contributed by atoms with E-state index >= 15 is 0 Å². The summed E-state index contributed by atoms with van der Waals surface area (Å²) >= 11 is 0. The third kappa shape index (κ3) is 2.82. The summed E-state index contributed by atoms with van der Waals surface area (Å²) in [6.07, 6.45) is 4.08. The number of carboxylic acids is 1. The Morgan fingerprint density at radius 1 is 1.37 bits per heavy atom. The smallest absolute Gasteiger partial charge is 0.310 e. The van der Waals surface area contributed by atoms with Gasteiger partial charge in [-0.15, -0.1) is 0 Å². The molecule has 0 saturated heterocycles. The molecule has 0 aliphatic heterocycles. The minimum Gasteiger partial charge on any atom is -0.481 e. The second-order valence-corrected chi connectivity index (χ2v) is 6.83. The molecule has 0 spiro atoms. The van der Waals surface area contributed by atoms with Crippen LogP contribution in [0, 0.1) is 17.8 Å². The van der Waals surface area contributed by atoms with E-state index in [4.69, 9.17) is 0 Å². The molecule has 0 aromatic carbocycles. The van der Waals surface area contributed by atoms with Gasteiger partial charge >= 0.3 is 5.97 Å². The van der Waals surface area contributed by atoms with Gasteiger partial charge in [-0.3, -0.25) is 9.48 Å². The average Bonchev–Trinajstić information content (AvgIpc) is 2.60. The van der Waals surface area contributed by atoms with Crippen LogP contribution in [0.5, 0.6) is 0 Å². The van der Waals surface area contributed by atoms with Crippen LogP contribution in [0.1, 0.15) is 50.9 Å². The van der Waals surface area contributed by atoms with Crippen LogP contribution in [0.4, 0.5) is 0 Å². The molecule has 1 fully saturated rings. The molecule has 1 aromatic rings. The van der Waals surface area contributed by atoms with Crippen LogP contribution in [-0.4, -0.2) is 20.9 Å². The van der Waals surface area contributed by atoms with E-state index in [1.807, 2.05) is 24.7 Å². The first-order valence-electron chi connectivity index (χ1n) is 6.97. The monoisotopic (exact) mass is 264 g/mol. The van der Waals surface area contributed by atoms with E-state index in [2.05, 4.69) is 18.9 Å². The Bertz CT molecular complexity index is 478. The van der Waals surface area contributed by atoms with Gasteiger partial charge in [0, 0.05) is 19.2 Å². The van der Waals surface area contributed by atoms with Crippen LogP contribution in [0.15, 0.2) is 6.07 Å². The molecular weight excluding hydrogens is 240 g/mol. The Hall–Kier alpha value is -1.32. The zero-order chi connectivity index (χ0) is 14.3. The first-order chi connectivity index (χ1) is 8.74. The molecule has 1 aliphatic rings. The maximum atomic E-state index is 11.8. The lowest BCUT2D eigenvalue weighted by molar-refractivity contribution is -0.152. The van der Waals surface area contributed by atoms with Crippen LogP contribution >= 0.6 is 0 Å². The molecule has 1 N–H and O–H groups in total. The number of hydrogen-bond acceptors (Lipinski definition) is 2. The number of nitrogens with zero attached hydrogens (tertiary/aromatic N) is 2. The first kappa shape index (κ1) is 14.1. The quantitative estimate of drug-likeness (QED) is 0.913. The van der Waals surface area contributed by atoms with E-state index in [1.54, 1.807) is 0 Å². The lowest BCUT2D eigenvalue weighted by atomic mass is 9.63. The van der Waals surface area contributed by atoms with Crippen molar-refractivity contribution in [1.82, 2.24) is 9.78 Å². The normalized spacial score (nSPS) is 21.3. The Kier molecular flexibility index (Phi) is 3.45. The van der Waals surface area contributed by atoms with Crippen LogP contribution < -0.4 is 0 Å². The summed E-state index contributed by atoms with van der Waals surface area (Å²) < 4.78 is 1.82. The number of aliphatic carboxylic acids is 1. The fourth-order valence-corrected chi connectivity index (χ4v) is 3.05. The van der Waals surface area contributed by atoms with Crippen molar-refractivity contribution in [1.29, 1.82) is 0 Å². The highest BCUT2D eigenvalue weighted by molar-refractivity contribution is 5.75. The van der Waals surface area contributed by atoms with Crippen LogP contribution in [-0.2, 0) is 18.3 Å². The molecule has 4 nitrogen and oxygen atoms in total. The van der Waals surface area contributed by atoms with Gasteiger partial charge in [-0.05, 0) is 44.1 Å². The second-order valence-electron chi connectivity index (χ2n) is 6.83. The van der Waals surface area contributed by atoms with Gasteiger partial charge in [0.05, 0.1) is 11.1 Å². The summed E-state index contributed by atoms with van der Waals surface area (Å²) in [5.74, 6) is -0.651. The van der Waals surface area contributed by atoms with Crippen molar-refractivity contribution in [2.75, 3.05) is 0 Å². The number of hydrogen-bond donors (Lipinski definition) is 1. The van der Waals surface area contributed by atoms with Crippen LogP contribution in [0.2, 0.25) is 0 Å². The Balaban J connectivity index is 2.22. The van der Waals surface area contributed by atoms with Crippen molar-refractivity contribution in [2.45, 2.75) is 52.9 Å². The number of aryl methyl sites for hydroxylation is 2. The standard InChI is InChI=1S/C15H24N2O2/c1-11-9-12(17(4)16-11)10-15(13(18)19)7-5-14(2,3)6-8-15/h9H,5-8,10H2,1-4H3,(H,18,19). The molecular formula is C15H24N2O2. The van der Waals surface area contributed by atoms with Crippen LogP contribution in [0.25, 0.3) is 0 Å². The largest absolute Gasteiger partial charge is 0.481 e. The Morgan fingerprint density at radius 2 is 1.95 bits per heavy atom. The molecule has 1 aromatic heterocycles. The maximum absolute atomic E-state index is 11.8. The zero-order valence-corrected chi connectivity index (χ0v) is 12.4. The van der Waals surface area contributed by atoms with E-state index in [0.29, 0.717) is 6.42 Å². The molecule has 0 amide bonds. The zero-order valence-electron chi connectivity index (χ0n) is 12.4. The maximum Gasteiger partial charge on any atom is 0.310 e. The molecule has 106 valence electrons. The summed E-state index contributed by atoms with van der Waals surface area (Å²) in [4.78, 5) is 11.8. The fourth-order valence-electron chi connectivity index (χ4n) is 3.05. The van der Waals surface area contributed by atoms with Gasteiger partial charge in [-0.1, -0.05) is 13.8 Å². The van der Waals surface area contributed by atoms with Crippen molar-refractivity contribution in [3.63, 3.8) is 0 Å². The summed E-state index contributed by atoms with van der Waals surface area (Å²) in [6, 6.07) is 2.00. The molecule has 19 heavy (non-hydrogen) atoms. The van der Waals surface area contributed by atoms with Gasteiger partial charge in [0.1, 0.15) is 0 Å². The van der Waals surface area contributed by atoms with E-state index in [1.165, 1.54) is 0 Å². The van der Waals surface area contributed by atoms with E-state index < -0.39 is 11.4 Å². The van der Waals surface area contributed by atoms with E-state index in [9.17, 15) is 9.90 Å². The molecule has 0 unspecified atom stereocenters. The molecule has 0 bridgehead atoms. The van der Waals surface area contributed by atoms with Gasteiger partial charge < -0.3 is 5.11 Å². The highest BCUT2D eigenvalue weighted by atomic mass is 16.4. The van der Waals surface area contributed by atoms with Gasteiger partial charge in [0.15, 0.2) is 0 Å². The lowest BCUT2D eigenvalue weighted by Crippen LogP contribution is -2.40. The first-order valence-corrected chi connectivity index (χ1v) is 6.97. The van der Waals surface area contributed by atoms with Crippen molar-refractivity contribution in [3.05, 3.63) is 17.5 Å². The minimum absolute atomic E-state index is 0.279. The molecule has 1 aliphatic carbocycles. The summed E-state index contributed by atoms with van der Waals surface area (Å²) in [7, 11) is 1.89. The molecule has 2 rings (SSSR count). The van der Waals surface area contributed by atoms with Gasteiger partial charge in [-0.25, -0.2) is 0 Å². The molecule has 1 heterocycles. The summed E-state index contributed by atoms with van der Waals surface area (Å²) in [5.41, 5.74) is 1.66. The van der Waals surface area contributed by atoms with Crippen LogP contribution in [0.3, 0.4) is 0 Å². The minimum atomic E-state index is -0.651. The summed E-state index contributed by atoms with van der Waals surface area (Å²) in [5, 5.41) is 14.0. The van der Waals surface area contributed by atoms with Crippen molar-refractivity contribution in [2.24, 2.45) is 17.9 Å². The average molecular weight is 264 g/mol. The molecule has 1 saturated carbocycles. The predicted molar refractivity (Wildman–Crippen MR) is 74.0 cm³/mol. The Morgan fingerprint density at radius 3 is 2.37 bits per heavy atom. The van der Waals surface area contributed by atoms with Gasteiger partial charge in [0.2, 0.25) is 0 Å². The fraction of sp³-hybridized carbons (Fsp3) is 0.733. The second kappa shape index (κ2) is 4.66. The third-order valence-corrected chi connectivity index (χ3v) is 4.63. The van der Waals surface area contributed by atoms with Crippen molar-refractivity contribution < 1.29 is 9.90 Å². The van der Waals surface area contributed by atoms with Crippen molar-refractivity contribution in [3.8, 4) is 0 Å². The lowest BCUT2D eigenvalue weighted by Gasteiger charge is -2.40. The van der Waals surface area contributed by atoms with Crippen molar-refractivity contribution >= 4 is 5.97 Å². The Labute approximate surface area is 114 Å². The highest BCUT2D eigenvalue weighted by Gasteiger charge is 2.44. The van der Waals surface area contributed by atoms with Gasteiger partial charge in [0.25, 0.3) is 0 Å². The predicted octanol–water partition coefficient (Wildman–Crippen LogP) is 2.94. The van der Waals surface area contributed by atoms with E-state index in [-0.39, 0.29) is 5.41 Å². The number of rotatable bonds is 3. The molecule has 4 heteroatoms. The number of carbonyl (C=O) groups is 1. The molecule has 0 atom stereocenters.